The smallest absolute Gasteiger partial charge is 0.410 e. The second kappa shape index (κ2) is 9.85. The first-order chi connectivity index (χ1) is 16.4. The topological polar surface area (TPSA) is 106 Å². The molecule has 1 N–H and O–H groups in total. The third kappa shape index (κ3) is 6.38. The SMILES string of the molecule is CC(C)(C)OC(=O)N1CCC(CC(C(=O)Nc2ncc(F)s2)c2ccc(S(=O)(=O)C3CC3)cc2)C1. The first-order valence-corrected chi connectivity index (χ1v) is 14.0. The number of benzene rings is 1. The number of carbonyl (C=O) groups is 2. The summed E-state index contributed by atoms with van der Waals surface area (Å²) in [6.07, 6.45) is 3.16. The first-order valence-electron chi connectivity index (χ1n) is 11.7. The molecule has 1 aliphatic carbocycles. The van der Waals surface area contributed by atoms with Crippen molar-refractivity contribution in [3.63, 3.8) is 0 Å². The number of halogens is 1. The van der Waals surface area contributed by atoms with Gasteiger partial charge in [0.25, 0.3) is 0 Å². The zero-order valence-electron chi connectivity index (χ0n) is 20.0. The number of sulfone groups is 1. The van der Waals surface area contributed by atoms with Crippen molar-refractivity contribution < 1.29 is 27.1 Å². The molecule has 1 aliphatic heterocycles. The molecule has 8 nitrogen and oxygen atoms in total. The zero-order valence-corrected chi connectivity index (χ0v) is 21.6. The van der Waals surface area contributed by atoms with Crippen molar-refractivity contribution in [2.24, 2.45) is 5.92 Å². The molecule has 2 aliphatic rings. The van der Waals surface area contributed by atoms with E-state index < -0.39 is 26.5 Å². The molecular formula is C24H30FN3O5S2. The largest absolute Gasteiger partial charge is 0.444 e. The number of rotatable bonds is 7. The minimum atomic E-state index is -3.34. The summed E-state index contributed by atoms with van der Waals surface area (Å²) in [6.45, 7) is 6.43. The molecule has 2 unspecified atom stereocenters. The van der Waals surface area contributed by atoms with Gasteiger partial charge in [0.1, 0.15) is 5.60 Å². The van der Waals surface area contributed by atoms with E-state index >= 15 is 0 Å². The fraction of sp³-hybridized carbons (Fsp3) is 0.542. The Morgan fingerprint density at radius 2 is 1.91 bits per heavy atom. The molecule has 35 heavy (non-hydrogen) atoms. The van der Waals surface area contributed by atoms with Gasteiger partial charge in [-0.25, -0.2) is 18.2 Å². The Bertz CT molecular complexity index is 1190. The predicted molar refractivity (Wildman–Crippen MR) is 131 cm³/mol. The van der Waals surface area contributed by atoms with Crippen molar-refractivity contribution >= 4 is 38.3 Å². The molecule has 190 valence electrons. The highest BCUT2D eigenvalue weighted by Gasteiger charge is 2.37. The Kier molecular flexibility index (Phi) is 7.19. The monoisotopic (exact) mass is 523 g/mol. The maximum absolute atomic E-state index is 13.4. The number of nitrogens with zero attached hydrogens (tertiary/aromatic N) is 2. The van der Waals surface area contributed by atoms with Crippen LogP contribution in [0, 0.1) is 11.0 Å². The molecule has 2 fully saturated rings. The van der Waals surface area contributed by atoms with Gasteiger partial charge < -0.3 is 15.0 Å². The van der Waals surface area contributed by atoms with Crippen molar-refractivity contribution in [3.8, 4) is 0 Å². The average molecular weight is 524 g/mol. The molecule has 1 aromatic carbocycles. The van der Waals surface area contributed by atoms with Crippen LogP contribution in [0.4, 0.5) is 14.3 Å². The van der Waals surface area contributed by atoms with Gasteiger partial charge in [-0.3, -0.25) is 4.79 Å². The van der Waals surface area contributed by atoms with Crippen LogP contribution in [0.5, 0.6) is 0 Å². The van der Waals surface area contributed by atoms with Crippen LogP contribution >= 0.6 is 11.3 Å². The van der Waals surface area contributed by atoms with Crippen LogP contribution in [0.1, 0.15) is 57.9 Å². The third-order valence-electron chi connectivity index (χ3n) is 6.10. The Labute approximate surface area is 208 Å². The van der Waals surface area contributed by atoms with E-state index in [1.807, 2.05) is 20.8 Å². The number of carbonyl (C=O) groups excluding carboxylic acids is 2. The number of ether oxygens (including phenoxy) is 1. The highest BCUT2D eigenvalue weighted by Crippen LogP contribution is 2.35. The van der Waals surface area contributed by atoms with E-state index in [9.17, 15) is 22.4 Å². The zero-order chi connectivity index (χ0) is 25.4. The van der Waals surface area contributed by atoms with Crippen molar-refractivity contribution in [1.82, 2.24) is 9.88 Å². The van der Waals surface area contributed by atoms with Crippen LogP contribution in [0.3, 0.4) is 0 Å². The summed E-state index contributed by atoms with van der Waals surface area (Å²) in [5, 5.41) is 2.02. The average Bonchev–Trinajstić information content (AvgIpc) is 3.41. The van der Waals surface area contributed by atoms with Gasteiger partial charge in [0.2, 0.25) is 5.91 Å². The highest BCUT2D eigenvalue weighted by molar-refractivity contribution is 7.92. The number of hydrogen-bond acceptors (Lipinski definition) is 7. The van der Waals surface area contributed by atoms with Gasteiger partial charge in [-0.05, 0) is 70.1 Å². The molecule has 11 heteroatoms. The van der Waals surface area contributed by atoms with Gasteiger partial charge in [-0.2, -0.15) is 4.39 Å². The van der Waals surface area contributed by atoms with Crippen LogP contribution in [-0.4, -0.2) is 54.2 Å². The summed E-state index contributed by atoms with van der Waals surface area (Å²) in [7, 11) is -3.34. The summed E-state index contributed by atoms with van der Waals surface area (Å²) in [6, 6.07) is 6.44. The number of hydrogen-bond donors (Lipinski definition) is 1. The maximum Gasteiger partial charge on any atom is 0.410 e. The number of likely N-dealkylation sites (tertiary alicyclic amines) is 1. The predicted octanol–water partition coefficient (Wildman–Crippen LogP) is 4.59. The molecule has 0 spiro atoms. The summed E-state index contributed by atoms with van der Waals surface area (Å²) >= 11 is 0.738. The van der Waals surface area contributed by atoms with E-state index in [1.54, 1.807) is 29.2 Å². The lowest BCUT2D eigenvalue weighted by Crippen LogP contribution is -2.35. The van der Waals surface area contributed by atoms with Gasteiger partial charge in [-0.1, -0.05) is 23.5 Å². The fourth-order valence-electron chi connectivity index (χ4n) is 4.21. The van der Waals surface area contributed by atoms with Crippen molar-refractivity contribution in [3.05, 3.63) is 41.2 Å². The Balaban J connectivity index is 1.51. The van der Waals surface area contributed by atoms with E-state index in [-0.39, 0.29) is 33.2 Å². The minimum absolute atomic E-state index is 0.0428. The van der Waals surface area contributed by atoms with Crippen LogP contribution in [0.25, 0.3) is 0 Å². The van der Waals surface area contributed by atoms with E-state index in [0.29, 0.717) is 44.3 Å². The van der Waals surface area contributed by atoms with E-state index in [0.717, 1.165) is 17.5 Å². The van der Waals surface area contributed by atoms with Crippen molar-refractivity contribution in [2.45, 2.75) is 68.1 Å². The Morgan fingerprint density at radius 1 is 1.23 bits per heavy atom. The van der Waals surface area contributed by atoms with Crippen LogP contribution in [-0.2, 0) is 19.4 Å². The van der Waals surface area contributed by atoms with Crippen molar-refractivity contribution in [2.75, 3.05) is 18.4 Å². The summed E-state index contributed by atoms with van der Waals surface area (Å²) in [4.78, 5) is 31.4. The molecule has 2 atom stereocenters. The molecular weight excluding hydrogens is 493 g/mol. The Morgan fingerprint density at radius 3 is 2.49 bits per heavy atom. The van der Waals surface area contributed by atoms with E-state index in [4.69, 9.17) is 4.74 Å². The third-order valence-corrected chi connectivity index (χ3v) is 9.08. The lowest BCUT2D eigenvalue weighted by atomic mass is 9.87. The first kappa shape index (κ1) is 25.6. The molecule has 2 amide bonds. The van der Waals surface area contributed by atoms with Crippen LogP contribution < -0.4 is 5.32 Å². The second-order valence-corrected chi connectivity index (χ2v) is 13.4. The van der Waals surface area contributed by atoms with Gasteiger partial charge >= 0.3 is 6.09 Å². The molecule has 2 heterocycles. The van der Waals surface area contributed by atoms with Gasteiger partial charge in [0.05, 0.1) is 22.3 Å². The van der Waals surface area contributed by atoms with Gasteiger partial charge in [0.15, 0.2) is 20.1 Å². The number of anilines is 1. The van der Waals surface area contributed by atoms with Gasteiger partial charge in [-0.15, -0.1) is 0 Å². The Hall–Kier alpha value is -2.53. The van der Waals surface area contributed by atoms with Gasteiger partial charge in [0, 0.05) is 13.1 Å². The lowest BCUT2D eigenvalue weighted by molar-refractivity contribution is -0.118. The number of amides is 2. The summed E-state index contributed by atoms with van der Waals surface area (Å²) in [5.74, 6) is -0.933. The lowest BCUT2D eigenvalue weighted by Gasteiger charge is -2.25. The minimum Gasteiger partial charge on any atom is -0.444 e. The van der Waals surface area contributed by atoms with Crippen molar-refractivity contribution in [1.29, 1.82) is 0 Å². The maximum atomic E-state index is 13.4. The quantitative estimate of drug-likeness (QED) is 0.569. The normalized spacial score (nSPS) is 19.4. The summed E-state index contributed by atoms with van der Waals surface area (Å²) in [5.41, 5.74) is 0.0633. The number of thiazole rings is 1. The van der Waals surface area contributed by atoms with E-state index in [1.165, 1.54) is 0 Å². The molecule has 4 rings (SSSR count). The summed E-state index contributed by atoms with van der Waals surface area (Å²) < 4.78 is 44.0. The number of aromatic nitrogens is 1. The molecule has 1 saturated carbocycles. The second-order valence-electron chi connectivity index (χ2n) is 10.1. The van der Waals surface area contributed by atoms with E-state index in [2.05, 4.69) is 10.3 Å². The molecule has 2 aromatic rings. The molecule has 1 aromatic heterocycles. The molecule has 0 radical (unpaired) electrons. The fourth-order valence-corrected chi connectivity index (χ4v) is 6.41. The van der Waals surface area contributed by atoms with Crippen LogP contribution in [0.2, 0.25) is 0 Å². The molecule has 1 saturated heterocycles. The molecule has 0 bridgehead atoms. The number of nitrogens with one attached hydrogen (secondary N) is 1. The standard InChI is InChI=1S/C24H30FN3O5S2/c1-24(2,3)33-23(30)28-11-10-15(14-28)12-19(21(29)27-22-26-13-20(25)34-22)16-4-6-17(7-5-16)35(31,32)18-8-9-18/h4-7,13,15,18-19H,8-12,14H2,1-3H3,(H,26,27,29). The van der Waals surface area contributed by atoms with Crippen LogP contribution in [0.15, 0.2) is 35.4 Å². The highest BCUT2D eigenvalue weighted by atomic mass is 32.2.